The fourth-order valence-corrected chi connectivity index (χ4v) is 1.79. The lowest BCUT2D eigenvalue weighted by Gasteiger charge is -2.19. The molecular weight excluding hydrogens is 238 g/mol. The summed E-state index contributed by atoms with van der Waals surface area (Å²) in [6.07, 6.45) is 1.73. The fraction of sp³-hybridized carbons (Fsp3) is 0.286. The molecule has 0 fully saturated rings. The van der Waals surface area contributed by atoms with Crippen LogP contribution in [-0.2, 0) is 0 Å². The van der Waals surface area contributed by atoms with Gasteiger partial charge < -0.3 is 16.0 Å². The van der Waals surface area contributed by atoms with Crippen molar-refractivity contribution in [1.82, 2.24) is 9.97 Å². The third-order valence-electron chi connectivity index (χ3n) is 2.93. The molecule has 0 aliphatic heterocycles. The smallest absolute Gasteiger partial charge is 0.221 e. The molecule has 0 spiro atoms. The van der Waals surface area contributed by atoms with Gasteiger partial charge in [0.05, 0.1) is 0 Å². The second-order valence-electron chi connectivity index (χ2n) is 4.44. The minimum Gasteiger partial charge on any atom is -0.373 e. The van der Waals surface area contributed by atoms with Crippen molar-refractivity contribution >= 4 is 17.5 Å². The summed E-state index contributed by atoms with van der Waals surface area (Å²) >= 11 is 0. The van der Waals surface area contributed by atoms with Crippen molar-refractivity contribution < 1.29 is 0 Å². The maximum Gasteiger partial charge on any atom is 0.221 e. The quantitative estimate of drug-likeness (QED) is 0.856. The number of hydrogen-bond donors (Lipinski definition) is 2. The number of anilines is 3. The molecular formula is C14H19N5. The van der Waals surface area contributed by atoms with Crippen LogP contribution in [0.5, 0.6) is 0 Å². The first-order valence-corrected chi connectivity index (χ1v) is 6.26. The van der Waals surface area contributed by atoms with Crippen molar-refractivity contribution in [2.24, 2.45) is 0 Å². The van der Waals surface area contributed by atoms with E-state index in [-0.39, 0.29) is 0 Å². The summed E-state index contributed by atoms with van der Waals surface area (Å²) in [5.41, 5.74) is 7.77. The zero-order valence-corrected chi connectivity index (χ0v) is 11.3. The maximum atomic E-state index is 5.58. The molecule has 0 aliphatic carbocycles. The van der Waals surface area contributed by atoms with Gasteiger partial charge >= 0.3 is 0 Å². The number of para-hydroxylation sites is 1. The molecule has 3 N–H and O–H groups in total. The average molecular weight is 257 g/mol. The highest BCUT2D eigenvalue weighted by Gasteiger charge is 2.03. The number of aromatic nitrogens is 2. The molecule has 19 heavy (non-hydrogen) atoms. The van der Waals surface area contributed by atoms with Gasteiger partial charge in [0.15, 0.2) is 0 Å². The molecule has 0 radical (unpaired) electrons. The van der Waals surface area contributed by atoms with Crippen molar-refractivity contribution in [2.75, 3.05) is 36.1 Å². The van der Waals surface area contributed by atoms with E-state index in [1.54, 1.807) is 6.20 Å². The minimum atomic E-state index is 0.296. The van der Waals surface area contributed by atoms with E-state index in [0.717, 1.165) is 24.5 Å². The van der Waals surface area contributed by atoms with Gasteiger partial charge in [-0.1, -0.05) is 18.2 Å². The molecule has 0 saturated carbocycles. The Morgan fingerprint density at radius 2 is 2.00 bits per heavy atom. The normalized spacial score (nSPS) is 10.2. The van der Waals surface area contributed by atoms with Crippen LogP contribution in [0.25, 0.3) is 0 Å². The molecule has 0 saturated heterocycles. The molecule has 0 unspecified atom stereocenters. The predicted octanol–water partition coefficient (Wildman–Crippen LogP) is 1.92. The van der Waals surface area contributed by atoms with Crippen molar-refractivity contribution in [3.63, 3.8) is 0 Å². The van der Waals surface area contributed by atoms with Crippen LogP contribution in [0.2, 0.25) is 0 Å². The second kappa shape index (κ2) is 6.04. The predicted molar refractivity (Wildman–Crippen MR) is 79.4 cm³/mol. The van der Waals surface area contributed by atoms with E-state index < -0.39 is 0 Å². The van der Waals surface area contributed by atoms with Crippen molar-refractivity contribution in [2.45, 2.75) is 6.92 Å². The molecule has 100 valence electrons. The molecule has 2 aromatic rings. The largest absolute Gasteiger partial charge is 0.373 e. The van der Waals surface area contributed by atoms with Gasteiger partial charge in [-0.25, -0.2) is 4.98 Å². The third-order valence-corrected chi connectivity index (χ3v) is 2.93. The molecule has 1 heterocycles. The zero-order chi connectivity index (χ0) is 13.7. The maximum absolute atomic E-state index is 5.58. The van der Waals surface area contributed by atoms with E-state index in [4.69, 9.17) is 5.73 Å². The minimum absolute atomic E-state index is 0.296. The molecule has 0 atom stereocenters. The van der Waals surface area contributed by atoms with Crippen LogP contribution in [0.4, 0.5) is 17.5 Å². The van der Waals surface area contributed by atoms with Crippen LogP contribution in [0.3, 0.4) is 0 Å². The molecule has 1 aromatic carbocycles. The van der Waals surface area contributed by atoms with E-state index >= 15 is 0 Å². The first-order valence-electron chi connectivity index (χ1n) is 6.26. The van der Waals surface area contributed by atoms with Gasteiger partial charge in [-0.05, 0) is 19.1 Å². The monoisotopic (exact) mass is 257 g/mol. The van der Waals surface area contributed by atoms with E-state index in [1.807, 2.05) is 25.1 Å². The van der Waals surface area contributed by atoms with Crippen LogP contribution in [0.1, 0.15) is 5.56 Å². The Labute approximate surface area is 113 Å². The topological polar surface area (TPSA) is 67.1 Å². The number of likely N-dealkylation sites (N-methyl/N-ethyl adjacent to an activating group) is 1. The number of nitrogens with zero attached hydrogens (tertiary/aromatic N) is 3. The Kier molecular flexibility index (Phi) is 4.18. The van der Waals surface area contributed by atoms with Crippen LogP contribution < -0.4 is 16.0 Å². The van der Waals surface area contributed by atoms with Crippen molar-refractivity contribution in [3.8, 4) is 0 Å². The van der Waals surface area contributed by atoms with Crippen molar-refractivity contribution in [3.05, 3.63) is 42.1 Å². The Morgan fingerprint density at radius 1 is 1.26 bits per heavy atom. The lowest BCUT2D eigenvalue weighted by atomic mass is 10.3. The Hall–Kier alpha value is -2.30. The van der Waals surface area contributed by atoms with E-state index in [9.17, 15) is 0 Å². The second-order valence-corrected chi connectivity index (χ2v) is 4.44. The summed E-state index contributed by atoms with van der Waals surface area (Å²) < 4.78 is 0. The highest BCUT2D eigenvalue weighted by atomic mass is 15.1. The molecule has 0 aliphatic rings. The molecule has 1 aromatic heterocycles. The first kappa shape index (κ1) is 13.1. The lowest BCUT2D eigenvalue weighted by Crippen LogP contribution is -2.25. The summed E-state index contributed by atoms with van der Waals surface area (Å²) in [5, 5.41) is 3.28. The summed E-state index contributed by atoms with van der Waals surface area (Å²) in [4.78, 5) is 10.3. The van der Waals surface area contributed by atoms with Gasteiger partial charge in [-0.2, -0.15) is 4.98 Å². The number of hydrogen-bond acceptors (Lipinski definition) is 5. The number of nitrogens with two attached hydrogens (primary N) is 1. The van der Waals surface area contributed by atoms with Crippen LogP contribution >= 0.6 is 0 Å². The Morgan fingerprint density at radius 3 is 2.74 bits per heavy atom. The summed E-state index contributed by atoms with van der Waals surface area (Å²) in [7, 11) is 2.07. The highest BCUT2D eigenvalue weighted by molar-refractivity contribution is 5.47. The molecule has 2 rings (SSSR count). The van der Waals surface area contributed by atoms with Gasteiger partial charge in [-0.15, -0.1) is 0 Å². The SMILES string of the molecule is Cc1cnc(N)nc1NCCN(C)c1ccccc1. The lowest BCUT2D eigenvalue weighted by molar-refractivity contribution is 0.907. The molecule has 5 heteroatoms. The van der Waals surface area contributed by atoms with Crippen LogP contribution in [0.15, 0.2) is 36.5 Å². The van der Waals surface area contributed by atoms with Crippen molar-refractivity contribution in [1.29, 1.82) is 0 Å². The summed E-state index contributed by atoms with van der Waals surface area (Å²) in [5.74, 6) is 1.10. The molecule has 0 amide bonds. The fourth-order valence-electron chi connectivity index (χ4n) is 1.79. The van der Waals surface area contributed by atoms with Gasteiger partial charge in [0.2, 0.25) is 5.95 Å². The number of nitrogen functional groups attached to an aromatic ring is 1. The molecule has 5 nitrogen and oxygen atoms in total. The zero-order valence-electron chi connectivity index (χ0n) is 11.3. The third kappa shape index (κ3) is 3.58. The summed E-state index contributed by atoms with van der Waals surface area (Å²) in [6.45, 7) is 3.64. The number of rotatable bonds is 5. The number of aryl methyl sites for hydroxylation is 1. The Bertz CT molecular complexity index is 527. The average Bonchev–Trinajstić information content (AvgIpc) is 2.43. The van der Waals surface area contributed by atoms with Gasteiger partial charge in [0, 0.05) is 37.6 Å². The Balaban J connectivity index is 1.88. The molecule has 0 bridgehead atoms. The van der Waals surface area contributed by atoms with E-state index in [2.05, 4.69) is 39.4 Å². The number of nitrogens with one attached hydrogen (secondary N) is 1. The standard InChI is InChI=1S/C14H19N5/c1-11-10-17-14(15)18-13(11)16-8-9-19(2)12-6-4-3-5-7-12/h3-7,10H,8-9H2,1-2H3,(H3,15,16,17,18). The van der Waals surface area contributed by atoms with E-state index in [1.165, 1.54) is 5.69 Å². The number of benzene rings is 1. The highest BCUT2D eigenvalue weighted by Crippen LogP contribution is 2.12. The van der Waals surface area contributed by atoms with Gasteiger partial charge in [-0.3, -0.25) is 0 Å². The van der Waals surface area contributed by atoms with Gasteiger partial charge in [0.1, 0.15) is 5.82 Å². The van der Waals surface area contributed by atoms with Gasteiger partial charge in [0.25, 0.3) is 0 Å². The first-order chi connectivity index (χ1) is 9.16. The van der Waals surface area contributed by atoms with E-state index in [0.29, 0.717) is 5.95 Å². The summed E-state index contributed by atoms with van der Waals surface area (Å²) in [6, 6.07) is 10.3. The van der Waals surface area contributed by atoms with Crippen LogP contribution in [0, 0.1) is 6.92 Å². The van der Waals surface area contributed by atoms with Crippen LogP contribution in [-0.4, -0.2) is 30.1 Å².